The lowest BCUT2D eigenvalue weighted by Gasteiger charge is -2.42. The lowest BCUT2D eigenvalue weighted by Crippen LogP contribution is -2.39. The van der Waals surface area contributed by atoms with E-state index in [2.05, 4.69) is 32.9 Å². The summed E-state index contributed by atoms with van der Waals surface area (Å²) < 4.78 is 6.26. The Morgan fingerprint density at radius 1 is 1.24 bits per heavy atom. The summed E-state index contributed by atoms with van der Waals surface area (Å²) in [5.74, 6) is 0.791. The predicted octanol–water partition coefficient (Wildman–Crippen LogP) is 6.12. The number of ether oxygens (including phenoxy) is 1. The van der Waals surface area contributed by atoms with Gasteiger partial charge in [-0.1, -0.05) is 35.4 Å². The fourth-order valence-corrected chi connectivity index (χ4v) is 4.17. The third-order valence-electron chi connectivity index (χ3n) is 6.13. The Morgan fingerprint density at radius 3 is 2.69 bits per heavy atom. The maximum absolute atomic E-state index is 12.6. The number of rotatable bonds is 7. The highest BCUT2D eigenvalue weighted by Gasteiger charge is 2.43. The summed E-state index contributed by atoms with van der Waals surface area (Å²) in [7, 11) is 0. The maximum atomic E-state index is 12.6. The number of para-hydroxylation sites is 1. The van der Waals surface area contributed by atoms with Crippen molar-refractivity contribution in [2.24, 2.45) is 0 Å². The third-order valence-corrected chi connectivity index (χ3v) is 6.13. The highest BCUT2D eigenvalue weighted by Crippen LogP contribution is 2.46. The summed E-state index contributed by atoms with van der Waals surface area (Å²) in [5.41, 5.74) is 4.24. The average molecular weight is 397 g/mol. The summed E-state index contributed by atoms with van der Waals surface area (Å²) >= 11 is 0. The molecule has 0 aromatic heterocycles. The number of aliphatic hydroxyl groups is 1. The van der Waals surface area contributed by atoms with E-state index in [1.54, 1.807) is 0 Å². The van der Waals surface area contributed by atoms with Crippen LogP contribution in [0.3, 0.4) is 0 Å². The van der Waals surface area contributed by atoms with Gasteiger partial charge in [0.15, 0.2) is 0 Å². The number of hydrogen-bond acceptors (Lipinski definition) is 4. The van der Waals surface area contributed by atoms with Gasteiger partial charge in [0, 0.05) is 23.7 Å². The molecule has 3 rings (SSSR count). The summed E-state index contributed by atoms with van der Waals surface area (Å²) in [6, 6.07) is 7.29. The fraction of sp³-hybridized carbons (Fsp3) is 0.520. The molecule has 0 radical (unpaired) electrons. The lowest BCUT2D eigenvalue weighted by atomic mass is 9.87. The molecule has 0 amide bonds. The number of nitrogens with zero attached hydrogens (tertiary/aromatic N) is 1. The van der Waals surface area contributed by atoms with Crippen molar-refractivity contribution < 1.29 is 9.84 Å². The lowest BCUT2D eigenvalue weighted by molar-refractivity contribution is -0.0561. The minimum absolute atomic E-state index is 0.266. The standard InChI is InChI=1S/C25H34NO3/c1-17(2)10-8-11-18(3)12-9-15-25(5,27)23-16-21-19(4)26(28)22-14-7-6-13-20(22)24(21)29-23/h6-7,10,12-14,19,23,27H,8-9,11,15-16H2,1-5H3/q-1/b18-12+/t19?,23-,25+/m0/s1. The van der Waals surface area contributed by atoms with Gasteiger partial charge in [0.25, 0.3) is 0 Å². The molecular formula is C25H34NO3-. The Morgan fingerprint density at radius 2 is 1.97 bits per heavy atom. The topological polar surface area (TPSA) is 55.8 Å². The zero-order valence-corrected chi connectivity index (χ0v) is 18.4. The number of fused-ring (bicyclic) bond motifs is 2. The van der Waals surface area contributed by atoms with Crippen molar-refractivity contribution in [1.29, 1.82) is 0 Å². The van der Waals surface area contributed by atoms with Crippen LogP contribution in [0.5, 0.6) is 0 Å². The van der Waals surface area contributed by atoms with E-state index in [0.717, 1.165) is 41.2 Å². The molecule has 1 N–H and O–H groups in total. The molecule has 29 heavy (non-hydrogen) atoms. The van der Waals surface area contributed by atoms with E-state index in [1.807, 2.05) is 38.1 Å². The number of allylic oxidation sites excluding steroid dienone is 4. The molecule has 158 valence electrons. The van der Waals surface area contributed by atoms with Crippen LogP contribution < -0.4 is 5.06 Å². The Hall–Kier alpha value is -2.04. The molecule has 0 saturated carbocycles. The quantitative estimate of drug-likeness (QED) is 0.564. The molecular weight excluding hydrogens is 362 g/mol. The third kappa shape index (κ3) is 4.76. The van der Waals surface area contributed by atoms with Crippen LogP contribution in [0.4, 0.5) is 5.69 Å². The van der Waals surface area contributed by atoms with E-state index >= 15 is 0 Å². The molecule has 0 spiro atoms. The van der Waals surface area contributed by atoms with Gasteiger partial charge in [0.1, 0.15) is 11.9 Å². The van der Waals surface area contributed by atoms with E-state index in [1.165, 1.54) is 11.1 Å². The van der Waals surface area contributed by atoms with Crippen molar-refractivity contribution >= 4 is 11.4 Å². The van der Waals surface area contributed by atoms with Gasteiger partial charge < -0.3 is 20.1 Å². The van der Waals surface area contributed by atoms with Gasteiger partial charge in [-0.3, -0.25) is 0 Å². The summed E-state index contributed by atoms with van der Waals surface area (Å²) in [4.78, 5) is 0. The van der Waals surface area contributed by atoms with Crippen LogP contribution in [0.25, 0.3) is 5.76 Å². The van der Waals surface area contributed by atoms with E-state index in [0.29, 0.717) is 18.5 Å². The van der Waals surface area contributed by atoms with E-state index in [9.17, 15) is 10.3 Å². The van der Waals surface area contributed by atoms with Gasteiger partial charge in [-0.15, -0.1) is 0 Å². The number of hydrogen-bond donors (Lipinski definition) is 1. The summed E-state index contributed by atoms with van der Waals surface area (Å²) in [5, 5.41) is 24.8. The second kappa shape index (κ2) is 8.76. The molecule has 4 heteroatoms. The van der Waals surface area contributed by atoms with Gasteiger partial charge in [0.05, 0.1) is 5.60 Å². The summed E-state index contributed by atoms with van der Waals surface area (Å²) in [6.45, 7) is 10.2. The normalized spacial score (nSPS) is 23.3. The molecule has 3 atom stereocenters. The minimum Gasteiger partial charge on any atom is -0.758 e. The first-order valence-corrected chi connectivity index (χ1v) is 10.7. The zero-order chi connectivity index (χ0) is 21.2. The van der Waals surface area contributed by atoms with E-state index in [4.69, 9.17) is 4.74 Å². The van der Waals surface area contributed by atoms with Crippen LogP contribution >= 0.6 is 0 Å². The van der Waals surface area contributed by atoms with Crippen molar-refractivity contribution in [3.63, 3.8) is 0 Å². The smallest absolute Gasteiger partial charge is 0.131 e. The molecule has 2 aliphatic rings. The molecule has 1 aromatic rings. The Kier molecular flexibility index (Phi) is 6.55. The average Bonchev–Trinajstić information content (AvgIpc) is 3.12. The zero-order valence-electron chi connectivity index (χ0n) is 18.4. The summed E-state index contributed by atoms with van der Waals surface area (Å²) in [6.07, 6.45) is 8.33. The van der Waals surface area contributed by atoms with Gasteiger partial charge in [-0.25, -0.2) is 0 Å². The van der Waals surface area contributed by atoms with Gasteiger partial charge in [-0.05, 0) is 78.0 Å². The van der Waals surface area contributed by atoms with Crippen molar-refractivity contribution in [2.45, 2.75) is 84.5 Å². The first kappa shape index (κ1) is 21.7. The van der Waals surface area contributed by atoms with E-state index < -0.39 is 5.60 Å². The molecule has 0 aliphatic carbocycles. The maximum Gasteiger partial charge on any atom is 0.131 e. The molecule has 2 aliphatic heterocycles. The number of hydroxylamine groups is 1. The van der Waals surface area contributed by atoms with Crippen molar-refractivity contribution in [2.75, 3.05) is 5.06 Å². The Balaban J connectivity index is 1.63. The Labute approximate surface area is 175 Å². The Bertz CT molecular complexity index is 830. The van der Waals surface area contributed by atoms with Crippen LogP contribution in [0, 0.1) is 5.21 Å². The largest absolute Gasteiger partial charge is 0.758 e. The molecule has 1 aromatic carbocycles. The van der Waals surface area contributed by atoms with Crippen LogP contribution in [-0.4, -0.2) is 22.9 Å². The van der Waals surface area contributed by atoms with E-state index in [-0.39, 0.29) is 12.1 Å². The molecule has 1 unspecified atom stereocenters. The molecule has 0 saturated heterocycles. The fourth-order valence-electron chi connectivity index (χ4n) is 4.17. The minimum atomic E-state index is -0.948. The van der Waals surface area contributed by atoms with Crippen LogP contribution in [-0.2, 0) is 4.74 Å². The van der Waals surface area contributed by atoms with Crippen molar-refractivity contribution in [3.8, 4) is 0 Å². The van der Waals surface area contributed by atoms with Crippen LogP contribution in [0.1, 0.15) is 72.3 Å². The van der Waals surface area contributed by atoms with Crippen LogP contribution in [0.15, 0.2) is 53.1 Å². The highest BCUT2D eigenvalue weighted by atomic mass is 16.5. The second-order valence-corrected chi connectivity index (χ2v) is 8.95. The van der Waals surface area contributed by atoms with Gasteiger partial charge in [0.2, 0.25) is 0 Å². The predicted molar refractivity (Wildman–Crippen MR) is 120 cm³/mol. The first-order chi connectivity index (χ1) is 13.7. The molecule has 4 nitrogen and oxygen atoms in total. The number of benzene rings is 1. The second-order valence-electron chi connectivity index (χ2n) is 8.95. The molecule has 0 bridgehead atoms. The van der Waals surface area contributed by atoms with Crippen molar-refractivity contribution in [1.82, 2.24) is 0 Å². The van der Waals surface area contributed by atoms with Crippen LogP contribution in [0.2, 0.25) is 0 Å². The first-order valence-electron chi connectivity index (χ1n) is 10.7. The molecule has 0 fully saturated rings. The van der Waals surface area contributed by atoms with Crippen molar-refractivity contribution in [3.05, 3.63) is 63.9 Å². The highest BCUT2D eigenvalue weighted by molar-refractivity contribution is 5.81. The van der Waals surface area contributed by atoms with Gasteiger partial charge >= 0.3 is 0 Å². The SMILES string of the molecule is CC(C)=CCC/C(C)=C/CC[C@@](C)(O)[C@@H]1CC2=C(O1)c1ccccc1N([O-])C2C. The molecule has 2 heterocycles. The monoisotopic (exact) mass is 396 g/mol. The van der Waals surface area contributed by atoms with Gasteiger partial charge in [-0.2, -0.15) is 0 Å². The number of anilines is 1.